The third-order valence-corrected chi connectivity index (χ3v) is 4.49. The van der Waals surface area contributed by atoms with Gasteiger partial charge in [-0.15, -0.1) is 11.3 Å². The van der Waals surface area contributed by atoms with E-state index in [0.717, 1.165) is 4.47 Å². The summed E-state index contributed by atoms with van der Waals surface area (Å²) in [5, 5.41) is 2.59. The maximum Gasteiger partial charge on any atom is 0.254 e. The zero-order valence-electron chi connectivity index (χ0n) is 10.6. The average Bonchev–Trinajstić information content (AvgIpc) is 2.72. The topological polar surface area (TPSA) is 20.3 Å². The second-order valence-corrected chi connectivity index (χ2v) is 6.70. The molecule has 100 valence electrons. The van der Waals surface area contributed by atoms with Gasteiger partial charge in [-0.25, -0.2) is 0 Å². The van der Waals surface area contributed by atoms with Gasteiger partial charge in [0.25, 0.3) is 5.91 Å². The van der Waals surface area contributed by atoms with E-state index in [-0.39, 0.29) is 5.91 Å². The Bertz CT molecular complexity index is 591. The molecule has 0 spiro atoms. The molecule has 1 aromatic carbocycles. The molecule has 0 aliphatic carbocycles. The fourth-order valence-electron chi connectivity index (χ4n) is 1.75. The fraction of sp³-hybridized carbons (Fsp3) is 0.214. The van der Waals surface area contributed by atoms with Crippen molar-refractivity contribution in [2.24, 2.45) is 0 Å². The summed E-state index contributed by atoms with van der Waals surface area (Å²) in [5.41, 5.74) is 1.81. The van der Waals surface area contributed by atoms with Crippen molar-refractivity contribution in [1.29, 1.82) is 0 Å². The molecule has 0 bridgehead atoms. The molecular formula is C14H13BrClNOS. The first-order valence-corrected chi connectivity index (χ1v) is 7.77. The van der Waals surface area contributed by atoms with Gasteiger partial charge in [-0.2, -0.15) is 0 Å². The van der Waals surface area contributed by atoms with Crippen LogP contribution < -0.4 is 0 Å². The third-order valence-electron chi connectivity index (χ3n) is 2.81. The lowest BCUT2D eigenvalue weighted by Crippen LogP contribution is -2.26. The SMILES string of the molecule is Cc1ccsc1CN(C)C(=O)c1cc(Cl)cc(Br)c1. The first-order valence-electron chi connectivity index (χ1n) is 5.72. The second kappa shape index (κ2) is 6.07. The summed E-state index contributed by atoms with van der Waals surface area (Å²) >= 11 is 11.0. The number of hydrogen-bond donors (Lipinski definition) is 0. The molecule has 2 rings (SSSR count). The van der Waals surface area contributed by atoms with E-state index in [2.05, 4.69) is 28.9 Å². The highest BCUT2D eigenvalue weighted by molar-refractivity contribution is 9.10. The standard InChI is InChI=1S/C14H13BrClNOS/c1-9-3-4-19-13(9)8-17(2)14(18)10-5-11(15)7-12(16)6-10/h3-7H,8H2,1-2H3. The van der Waals surface area contributed by atoms with Crippen molar-refractivity contribution in [2.45, 2.75) is 13.5 Å². The molecule has 19 heavy (non-hydrogen) atoms. The van der Waals surface area contributed by atoms with E-state index in [4.69, 9.17) is 11.6 Å². The van der Waals surface area contributed by atoms with E-state index >= 15 is 0 Å². The number of amides is 1. The zero-order chi connectivity index (χ0) is 14.0. The minimum absolute atomic E-state index is 0.0315. The number of carbonyl (C=O) groups is 1. The lowest BCUT2D eigenvalue weighted by Gasteiger charge is -2.17. The van der Waals surface area contributed by atoms with Crippen LogP contribution in [0.3, 0.4) is 0 Å². The van der Waals surface area contributed by atoms with Crippen molar-refractivity contribution in [2.75, 3.05) is 7.05 Å². The summed E-state index contributed by atoms with van der Waals surface area (Å²) in [6, 6.07) is 7.30. The number of carbonyl (C=O) groups excluding carboxylic acids is 1. The van der Waals surface area contributed by atoms with Crippen LogP contribution >= 0.6 is 38.9 Å². The number of benzene rings is 1. The van der Waals surface area contributed by atoms with Crippen LogP contribution in [0.25, 0.3) is 0 Å². The third kappa shape index (κ3) is 3.59. The van der Waals surface area contributed by atoms with Crippen LogP contribution in [0.2, 0.25) is 5.02 Å². The van der Waals surface area contributed by atoms with E-state index in [1.54, 1.807) is 41.5 Å². The minimum atomic E-state index is -0.0315. The van der Waals surface area contributed by atoms with E-state index in [9.17, 15) is 4.79 Å². The number of rotatable bonds is 3. The molecule has 0 fully saturated rings. The molecule has 0 atom stereocenters. The Labute approximate surface area is 130 Å². The van der Waals surface area contributed by atoms with Gasteiger partial charge in [-0.05, 0) is 42.1 Å². The molecule has 0 saturated heterocycles. The van der Waals surface area contributed by atoms with Gasteiger partial charge in [0.1, 0.15) is 0 Å². The maximum atomic E-state index is 12.3. The molecule has 2 nitrogen and oxygen atoms in total. The number of aryl methyl sites for hydroxylation is 1. The Hall–Kier alpha value is -0.840. The van der Waals surface area contributed by atoms with Crippen molar-refractivity contribution in [3.63, 3.8) is 0 Å². The summed E-state index contributed by atoms with van der Waals surface area (Å²) in [6.07, 6.45) is 0. The van der Waals surface area contributed by atoms with Crippen molar-refractivity contribution in [3.8, 4) is 0 Å². The lowest BCUT2D eigenvalue weighted by atomic mass is 10.2. The summed E-state index contributed by atoms with van der Waals surface area (Å²) < 4.78 is 0.809. The molecule has 1 amide bonds. The van der Waals surface area contributed by atoms with E-state index in [0.29, 0.717) is 17.1 Å². The van der Waals surface area contributed by atoms with Crippen LogP contribution in [0.15, 0.2) is 34.1 Å². The number of halogens is 2. The van der Waals surface area contributed by atoms with Gasteiger partial charge in [0, 0.05) is 27.0 Å². The Kier molecular flexibility index (Phi) is 4.66. The Morgan fingerprint density at radius 2 is 2.16 bits per heavy atom. The van der Waals surface area contributed by atoms with Crippen LogP contribution in [-0.2, 0) is 6.54 Å². The molecule has 1 heterocycles. The summed E-state index contributed by atoms with van der Waals surface area (Å²) in [4.78, 5) is 15.2. The van der Waals surface area contributed by atoms with Gasteiger partial charge in [0.15, 0.2) is 0 Å². The predicted molar refractivity (Wildman–Crippen MR) is 84.0 cm³/mol. The van der Waals surface area contributed by atoms with E-state index < -0.39 is 0 Å². The normalized spacial score (nSPS) is 10.5. The molecule has 0 unspecified atom stereocenters. The average molecular weight is 359 g/mol. The highest BCUT2D eigenvalue weighted by atomic mass is 79.9. The highest BCUT2D eigenvalue weighted by Crippen LogP contribution is 2.22. The lowest BCUT2D eigenvalue weighted by molar-refractivity contribution is 0.0786. The summed E-state index contributed by atoms with van der Waals surface area (Å²) in [6.45, 7) is 2.67. The van der Waals surface area contributed by atoms with Gasteiger partial charge in [-0.3, -0.25) is 4.79 Å². The molecule has 5 heteroatoms. The van der Waals surface area contributed by atoms with Crippen molar-refractivity contribution >= 4 is 44.8 Å². The van der Waals surface area contributed by atoms with Gasteiger partial charge in [0.05, 0.1) is 6.54 Å². The Morgan fingerprint density at radius 3 is 2.74 bits per heavy atom. The maximum absolute atomic E-state index is 12.3. The number of hydrogen-bond acceptors (Lipinski definition) is 2. The number of thiophene rings is 1. The van der Waals surface area contributed by atoms with Crippen molar-refractivity contribution in [1.82, 2.24) is 4.90 Å². The van der Waals surface area contributed by atoms with Gasteiger partial charge in [0.2, 0.25) is 0 Å². The Morgan fingerprint density at radius 1 is 1.42 bits per heavy atom. The quantitative estimate of drug-likeness (QED) is 0.775. The zero-order valence-corrected chi connectivity index (χ0v) is 13.8. The molecular weight excluding hydrogens is 346 g/mol. The summed E-state index contributed by atoms with van der Waals surface area (Å²) in [5.74, 6) is -0.0315. The first kappa shape index (κ1) is 14.6. The van der Waals surface area contributed by atoms with Crippen LogP contribution in [0, 0.1) is 6.92 Å². The highest BCUT2D eigenvalue weighted by Gasteiger charge is 2.14. The van der Waals surface area contributed by atoms with Crippen LogP contribution in [0.5, 0.6) is 0 Å². The Balaban J connectivity index is 2.17. The first-order chi connectivity index (χ1) is 8.97. The smallest absolute Gasteiger partial charge is 0.254 e. The van der Waals surface area contributed by atoms with Gasteiger partial charge < -0.3 is 4.90 Å². The van der Waals surface area contributed by atoms with E-state index in [1.807, 2.05) is 5.38 Å². The summed E-state index contributed by atoms with van der Waals surface area (Å²) in [7, 11) is 1.80. The molecule has 0 saturated carbocycles. The largest absolute Gasteiger partial charge is 0.337 e. The molecule has 0 N–H and O–H groups in total. The monoisotopic (exact) mass is 357 g/mol. The van der Waals surface area contributed by atoms with Crippen LogP contribution in [0.4, 0.5) is 0 Å². The van der Waals surface area contributed by atoms with Gasteiger partial charge in [-0.1, -0.05) is 27.5 Å². The second-order valence-electron chi connectivity index (χ2n) is 4.35. The van der Waals surface area contributed by atoms with Crippen LogP contribution in [-0.4, -0.2) is 17.9 Å². The molecule has 0 aliphatic heterocycles. The van der Waals surface area contributed by atoms with Crippen molar-refractivity contribution in [3.05, 3.63) is 55.1 Å². The van der Waals surface area contributed by atoms with Crippen LogP contribution in [0.1, 0.15) is 20.8 Å². The molecule has 0 aliphatic rings. The van der Waals surface area contributed by atoms with Gasteiger partial charge >= 0.3 is 0 Å². The predicted octanol–water partition coefficient (Wildman–Crippen LogP) is 4.74. The minimum Gasteiger partial charge on any atom is -0.337 e. The molecule has 0 radical (unpaired) electrons. The molecule has 2 aromatic rings. The molecule has 1 aromatic heterocycles. The number of nitrogens with zero attached hydrogens (tertiary/aromatic N) is 1. The van der Waals surface area contributed by atoms with E-state index in [1.165, 1.54) is 10.4 Å². The van der Waals surface area contributed by atoms with Crippen molar-refractivity contribution < 1.29 is 4.79 Å². The fourth-order valence-corrected chi connectivity index (χ4v) is 3.57.